The van der Waals surface area contributed by atoms with Gasteiger partial charge < -0.3 is 28.5 Å². The van der Waals surface area contributed by atoms with Crippen LogP contribution in [0, 0.1) is 0 Å². The van der Waals surface area contributed by atoms with Crippen LogP contribution >= 0.6 is 0 Å². The monoisotopic (exact) mass is 1460 g/mol. The van der Waals surface area contributed by atoms with Crippen molar-refractivity contribution in [3.8, 4) is 0 Å². The molecule has 2 unspecified atom stereocenters. The number of hydrogen-bond acceptors (Lipinski definition) is 7. The third-order valence-electron chi connectivity index (χ3n) is 18.1. The van der Waals surface area contributed by atoms with Crippen molar-refractivity contribution in [3.63, 3.8) is 0 Å². The minimum Gasteiger partial charge on any atom is -0.477 e. The lowest BCUT2D eigenvalue weighted by Crippen LogP contribution is -2.40. The number of unbranched alkanes of at least 4 members (excludes halogenated alkanes) is 33. The second-order valence-electron chi connectivity index (χ2n) is 29.4. The first-order chi connectivity index (χ1) is 51.6. The molecule has 105 heavy (non-hydrogen) atoms. The molecule has 0 aliphatic carbocycles. The Labute approximate surface area is 647 Å². The van der Waals surface area contributed by atoms with E-state index in [1.807, 2.05) is 21.1 Å². The number of carboxylic acid groups (broad SMARTS) is 1. The van der Waals surface area contributed by atoms with E-state index in [1.165, 1.54) is 180 Å². The van der Waals surface area contributed by atoms with Crippen molar-refractivity contribution >= 4 is 17.9 Å². The molecule has 0 fully saturated rings. The van der Waals surface area contributed by atoms with Crippen LogP contribution in [-0.2, 0) is 33.3 Å². The number of allylic oxidation sites excluding steroid dienone is 30. The quantitative estimate of drug-likeness (QED) is 0.0211. The van der Waals surface area contributed by atoms with Gasteiger partial charge in [-0.15, -0.1) is 0 Å². The number of esters is 2. The number of carboxylic acids is 1. The van der Waals surface area contributed by atoms with Gasteiger partial charge in [0.2, 0.25) is 0 Å². The maximum Gasteiger partial charge on any atom is 0.361 e. The molecule has 0 aromatic rings. The number of nitrogens with zero attached hydrogens (tertiary/aromatic N) is 1. The fourth-order valence-corrected chi connectivity index (χ4v) is 11.7. The maximum atomic E-state index is 13.0. The van der Waals surface area contributed by atoms with Gasteiger partial charge in [-0.3, -0.25) is 9.59 Å². The molecule has 0 saturated carbocycles. The number of ether oxygens (including phenoxy) is 4. The molecule has 1 N–H and O–H groups in total. The smallest absolute Gasteiger partial charge is 0.361 e. The summed E-state index contributed by atoms with van der Waals surface area (Å²) in [6.07, 6.45) is 125. The minimum atomic E-state index is -1.53. The fourth-order valence-electron chi connectivity index (χ4n) is 11.7. The van der Waals surface area contributed by atoms with Crippen LogP contribution in [0.4, 0.5) is 0 Å². The second kappa shape index (κ2) is 84.0. The Balaban J connectivity index is 4.10. The predicted octanol–water partition coefficient (Wildman–Crippen LogP) is 28.3. The lowest BCUT2D eigenvalue weighted by Gasteiger charge is -2.25. The Morgan fingerprint density at radius 3 is 0.810 bits per heavy atom. The zero-order valence-corrected chi connectivity index (χ0v) is 68.3. The molecule has 0 aromatic heterocycles. The number of hydrogen-bond donors (Lipinski definition) is 1. The molecule has 0 rings (SSSR count). The van der Waals surface area contributed by atoms with Gasteiger partial charge in [-0.2, -0.15) is 0 Å². The summed E-state index contributed by atoms with van der Waals surface area (Å²) < 4.78 is 23.0. The standard InChI is InChI=1S/C96H159NO8/c1-6-8-10-12-14-16-18-20-22-24-26-28-30-32-34-36-38-40-42-44-46-47-49-51-53-55-57-59-61-63-65-67-69-71-73-75-77-79-81-83-85-87-94(99)105-92(91-104-96(95(100)101)102-89-88-97(3,4)5)90-103-93(98)86-84-82-80-78-76-74-72-70-68-66-64-62-60-58-56-54-52-50-48-45-43-41-39-37-35-33-31-29-27-25-23-21-19-17-15-13-11-9-7-2/h8,10,14,16,19-22,25-28,31-34,38,40,44,46,49,51,55,57,61,63,67,69,73,75,92,96H,6-7,9,11-13,15,17-18,23-24,29-30,35-37,39,41-43,45,47-48,50,52-54,56,58-60,62,64-66,68,70-72,74,76-91H2,1-5H3/p+1/b10-8-,16-14-,21-19-,22-20-,27-25-,28-26-,33-31-,34-32-,40-38-,46-44-,51-49-,57-55-,63-61-,69-67-,75-73-. The molecule has 0 radical (unpaired) electrons. The fraction of sp³-hybridized carbons (Fsp3) is 0.656. The highest BCUT2D eigenvalue weighted by Gasteiger charge is 2.25. The first-order valence-electron chi connectivity index (χ1n) is 42.9. The normalized spacial score (nSPS) is 13.6. The van der Waals surface area contributed by atoms with Gasteiger partial charge >= 0.3 is 17.9 Å². The van der Waals surface area contributed by atoms with Gasteiger partial charge in [0.1, 0.15) is 13.2 Å². The van der Waals surface area contributed by atoms with Crippen molar-refractivity contribution < 1.29 is 42.9 Å². The molecule has 9 heteroatoms. The molecule has 0 spiro atoms. The van der Waals surface area contributed by atoms with Crippen molar-refractivity contribution in [3.05, 3.63) is 182 Å². The molecule has 0 bridgehead atoms. The van der Waals surface area contributed by atoms with Crippen LogP contribution in [0.5, 0.6) is 0 Å². The summed E-state index contributed by atoms with van der Waals surface area (Å²) in [4.78, 5) is 37.8. The number of carbonyl (C=O) groups is 3. The maximum absolute atomic E-state index is 13.0. The summed E-state index contributed by atoms with van der Waals surface area (Å²) in [6, 6.07) is 0. The van der Waals surface area contributed by atoms with Crippen LogP contribution in [0.1, 0.15) is 348 Å². The van der Waals surface area contributed by atoms with Gasteiger partial charge in [0, 0.05) is 12.8 Å². The van der Waals surface area contributed by atoms with E-state index in [2.05, 4.69) is 196 Å². The van der Waals surface area contributed by atoms with E-state index >= 15 is 0 Å². The number of rotatable bonds is 78. The Morgan fingerprint density at radius 2 is 0.543 bits per heavy atom. The van der Waals surface area contributed by atoms with Crippen LogP contribution in [0.15, 0.2) is 182 Å². The zero-order chi connectivity index (χ0) is 76.0. The topological polar surface area (TPSA) is 108 Å². The SMILES string of the molecule is CC/C=C\C/C=C\C/C=C\C/C=C\C/C=C\C/C=C\C/C=C\C/C=C\C/C=C\C/C=C\C/C=C\C/C=C\CCCCCCC(=O)OC(COC(=O)CCCCCCCCCCCCCCCCCCCCCCCCCC/C=C\C/C=C\C/C=C\CCCCCCC)COC(OCC[N+](C)(C)C)C(=O)O. The largest absolute Gasteiger partial charge is 0.477 e. The summed E-state index contributed by atoms with van der Waals surface area (Å²) in [6.45, 7) is 4.73. The summed E-state index contributed by atoms with van der Waals surface area (Å²) in [7, 11) is 5.97. The summed E-state index contributed by atoms with van der Waals surface area (Å²) in [5.74, 6) is -2.04. The Hall–Kier alpha value is -5.61. The Kier molecular flexibility index (Phi) is 79.5. The van der Waals surface area contributed by atoms with E-state index < -0.39 is 24.3 Å². The molecular formula is C96H160NO8+. The molecule has 0 saturated heterocycles. The van der Waals surface area contributed by atoms with Crippen molar-refractivity contribution in [1.82, 2.24) is 0 Å². The van der Waals surface area contributed by atoms with Crippen LogP contribution in [0.3, 0.4) is 0 Å². The van der Waals surface area contributed by atoms with Crippen molar-refractivity contribution in [2.24, 2.45) is 0 Å². The van der Waals surface area contributed by atoms with Gasteiger partial charge in [0.15, 0.2) is 6.10 Å². The van der Waals surface area contributed by atoms with E-state index in [1.54, 1.807) is 0 Å². The first kappa shape index (κ1) is 99.4. The molecule has 0 amide bonds. The predicted molar refractivity (Wildman–Crippen MR) is 456 cm³/mol. The summed E-state index contributed by atoms with van der Waals surface area (Å²) in [5, 5.41) is 9.78. The summed E-state index contributed by atoms with van der Waals surface area (Å²) >= 11 is 0. The molecule has 9 nitrogen and oxygen atoms in total. The average Bonchev–Trinajstić information content (AvgIpc) is 1.18. The lowest BCUT2D eigenvalue weighted by molar-refractivity contribution is -0.870. The van der Waals surface area contributed by atoms with Crippen LogP contribution < -0.4 is 0 Å². The number of carbonyl (C=O) groups excluding carboxylic acids is 2. The van der Waals surface area contributed by atoms with Crippen LogP contribution in [-0.4, -0.2) is 87.4 Å². The van der Waals surface area contributed by atoms with E-state index in [0.29, 0.717) is 23.9 Å². The highest BCUT2D eigenvalue weighted by atomic mass is 16.7. The van der Waals surface area contributed by atoms with Crippen LogP contribution in [0.25, 0.3) is 0 Å². The Bertz CT molecular complexity index is 2400. The van der Waals surface area contributed by atoms with Gasteiger partial charge in [-0.05, 0) is 141 Å². The molecule has 0 aromatic carbocycles. The molecule has 0 heterocycles. The van der Waals surface area contributed by atoms with Crippen LogP contribution in [0.2, 0.25) is 0 Å². The van der Waals surface area contributed by atoms with E-state index in [0.717, 1.165) is 135 Å². The van der Waals surface area contributed by atoms with Gasteiger partial charge in [0.25, 0.3) is 6.29 Å². The number of likely N-dealkylation sites (N-methyl/N-ethyl adjacent to an activating group) is 1. The molecule has 0 aliphatic heterocycles. The highest BCUT2D eigenvalue weighted by Crippen LogP contribution is 2.18. The third-order valence-corrected chi connectivity index (χ3v) is 18.1. The van der Waals surface area contributed by atoms with Gasteiger partial charge in [-0.1, -0.05) is 376 Å². The molecule has 2 atom stereocenters. The van der Waals surface area contributed by atoms with Gasteiger partial charge in [-0.25, -0.2) is 4.79 Å². The number of quaternary nitrogens is 1. The Morgan fingerprint density at radius 1 is 0.295 bits per heavy atom. The average molecular weight is 1460 g/mol. The second-order valence-corrected chi connectivity index (χ2v) is 29.4. The molecular weight excluding hydrogens is 1300 g/mol. The van der Waals surface area contributed by atoms with Crippen molar-refractivity contribution in [1.29, 1.82) is 0 Å². The minimum absolute atomic E-state index is 0.175. The number of aliphatic carboxylic acids is 1. The first-order valence-corrected chi connectivity index (χ1v) is 42.9. The molecule has 0 aliphatic rings. The third kappa shape index (κ3) is 85.5. The van der Waals surface area contributed by atoms with Gasteiger partial charge in [0.05, 0.1) is 34.4 Å². The van der Waals surface area contributed by atoms with E-state index in [4.69, 9.17) is 18.9 Å². The van der Waals surface area contributed by atoms with Crippen molar-refractivity contribution in [2.75, 3.05) is 47.5 Å². The highest BCUT2D eigenvalue weighted by molar-refractivity contribution is 5.71. The molecule has 596 valence electrons. The van der Waals surface area contributed by atoms with E-state index in [9.17, 15) is 19.5 Å². The van der Waals surface area contributed by atoms with Crippen molar-refractivity contribution in [2.45, 2.75) is 360 Å². The zero-order valence-electron chi connectivity index (χ0n) is 68.3. The lowest BCUT2D eigenvalue weighted by atomic mass is 10.0. The summed E-state index contributed by atoms with van der Waals surface area (Å²) in [5.41, 5.74) is 0. The van der Waals surface area contributed by atoms with E-state index in [-0.39, 0.29) is 32.2 Å².